The van der Waals surface area contributed by atoms with Crippen molar-refractivity contribution in [2.45, 2.75) is 82.9 Å². The maximum Gasteiger partial charge on any atom is 0.184 e. The molecule has 2 bridgehead atoms. The molecule has 4 rings (SSSR count). The van der Waals surface area contributed by atoms with Gasteiger partial charge in [-0.3, -0.25) is 0 Å². The van der Waals surface area contributed by atoms with Crippen LogP contribution in [0.5, 0.6) is 0 Å². The van der Waals surface area contributed by atoms with Crippen molar-refractivity contribution in [2.75, 3.05) is 0 Å². The second kappa shape index (κ2) is 4.33. The molecule has 1 spiro atoms. The summed E-state index contributed by atoms with van der Waals surface area (Å²) in [5, 5.41) is 0. The molecule has 2 nitrogen and oxygen atoms in total. The predicted octanol–water partition coefficient (Wildman–Crippen LogP) is 4.58. The summed E-state index contributed by atoms with van der Waals surface area (Å²) in [5.74, 6) is 0. The first-order valence-electron chi connectivity index (χ1n) is 8.58. The highest BCUT2D eigenvalue weighted by molar-refractivity contribution is 6.69. The van der Waals surface area contributed by atoms with Gasteiger partial charge in [-0.1, -0.05) is 24.1 Å². The third-order valence-electron chi connectivity index (χ3n) is 5.77. The fourth-order valence-electron chi connectivity index (χ4n) is 5.48. The maximum atomic E-state index is 6.95. The van der Waals surface area contributed by atoms with E-state index in [1.807, 2.05) is 0 Å². The molecule has 0 N–H and O–H groups in total. The van der Waals surface area contributed by atoms with Gasteiger partial charge in [-0.25, -0.2) is 0 Å². The zero-order valence-corrected chi connectivity index (χ0v) is 14.9. The maximum absolute atomic E-state index is 6.95. The highest BCUT2D eigenvalue weighted by Crippen LogP contribution is 2.63. The SMILES string of the molecule is CC1=C[C@@]23CCCCC4=C[C@H](C[C@]2(O[Si](C)(C)C)C1)O[C@H]43. The number of hydrogen-bond acceptors (Lipinski definition) is 2. The number of fused-ring (bicyclic) bond motifs is 1. The molecule has 0 amide bonds. The van der Waals surface area contributed by atoms with Gasteiger partial charge in [0, 0.05) is 11.8 Å². The fourth-order valence-corrected chi connectivity index (χ4v) is 6.99. The van der Waals surface area contributed by atoms with Crippen LogP contribution in [-0.4, -0.2) is 26.1 Å². The lowest BCUT2D eigenvalue weighted by molar-refractivity contribution is -0.172. The Morgan fingerprint density at radius 2 is 2.10 bits per heavy atom. The lowest BCUT2D eigenvalue weighted by Crippen LogP contribution is -2.61. The number of ether oxygens (including phenoxy) is 1. The first-order valence-corrected chi connectivity index (χ1v) is 12.0. The van der Waals surface area contributed by atoms with Crippen molar-refractivity contribution in [3.05, 3.63) is 23.3 Å². The summed E-state index contributed by atoms with van der Waals surface area (Å²) in [6.07, 6.45) is 12.9. The number of rotatable bonds is 2. The van der Waals surface area contributed by atoms with Gasteiger partial charge in [-0.15, -0.1) is 0 Å². The predicted molar refractivity (Wildman–Crippen MR) is 87.8 cm³/mol. The summed E-state index contributed by atoms with van der Waals surface area (Å²) >= 11 is 0. The molecule has 1 saturated heterocycles. The molecule has 116 valence electrons. The Hall–Kier alpha value is -0.383. The molecule has 4 atom stereocenters. The van der Waals surface area contributed by atoms with Gasteiger partial charge >= 0.3 is 0 Å². The van der Waals surface area contributed by atoms with Crippen LogP contribution in [0.4, 0.5) is 0 Å². The van der Waals surface area contributed by atoms with Gasteiger partial charge in [0.2, 0.25) is 0 Å². The van der Waals surface area contributed by atoms with Crippen molar-refractivity contribution in [3.63, 3.8) is 0 Å². The summed E-state index contributed by atoms with van der Waals surface area (Å²) < 4.78 is 13.4. The van der Waals surface area contributed by atoms with Crippen molar-refractivity contribution >= 4 is 8.32 Å². The Balaban J connectivity index is 1.84. The van der Waals surface area contributed by atoms with Gasteiger partial charge in [0.25, 0.3) is 0 Å². The zero-order valence-electron chi connectivity index (χ0n) is 13.9. The molecule has 0 aromatic rings. The standard InChI is InChI=1S/C18H28O2Si/c1-13-10-17-8-6-5-7-14-9-15(19-16(14)17)12-18(17,11-13)20-21(2,3)4/h9-10,15-16H,5-8,11-12H2,1-4H3/t15-,16-,17-,18-/m1/s1. The van der Waals surface area contributed by atoms with Gasteiger partial charge in [0.15, 0.2) is 8.32 Å². The quantitative estimate of drug-likeness (QED) is 0.549. The van der Waals surface area contributed by atoms with Crippen LogP contribution in [0, 0.1) is 5.41 Å². The zero-order chi connectivity index (χ0) is 14.9. The fraction of sp³-hybridized carbons (Fsp3) is 0.778. The normalized spacial score (nSPS) is 45.0. The molecule has 4 aliphatic rings. The first-order chi connectivity index (χ1) is 9.84. The molecule has 21 heavy (non-hydrogen) atoms. The van der Waals surface area contributed by atoms with Crippen LogP contribution in [0.15, 0.2) is 23.3 Å². The van der Waals surface area contributed by atoms with Gasteiger partial charge in [0.1, 0.15) is 0 Å². The van der Waals surface area contributed by atoms with Crippen molar-refractivity contribution in [1.29, 1.82) is 0 Å². The molecule has 2 heterocycles. The molecular weight excluding hydrogens is 276 g/mol. The average Bonchev–Trinajstić information content (AvgIpc) is 2.76. The molecule has 2 fully saturated rings. The Morgan fingerprint density at radius 3 is 2.86 bits per heavy atom. The molecule has 0 aromatic heterocycles. The van der Waals surface area contributed by atoms with Gasteiger partial charge in [0.05, 0.1) is 17.8 Å². The van der Waals surface area contributed by atoms with E-state index in [0.29, 0.717) is 12.2 Å². The summed E-state index contributed by atoms with van der Waals surface area (Å²) in [6.45, 7) is 9.31. The van der Waals surface area contributed by atoms with E-state index in [0.717, 1.165) is 12.8 Å². The molecule has 1 saturated carbocycles. The Bertz CT molecular complexity index is 530. The van der Waals surface area contributed by atoms with Crippen molar-refractivity contribution in [2.24, 2.45) is 5.41 Å². The van der Waals surface area contributed by atoms with Gasteiger partial charge in [-0.2, -0.15) is 0 Å². The van der Waals surface area contributed by atoms with Crippen LogP contribution in [0.1, 0.15) is 45.4 Å². The lowest BCUT2D eigenvalue weighted by Gasteiger charge is -2.55. The van der Waals surface area contributed by atoms with E-state index in [4.69, 9.17) is 9.16 Å². The monoisotopic (exact) mass is 304 g/mol. The smallest absolute Gasteiger partial charge is 0.184 e. The van der Waals surface area contributed by atoms with E-state index >= 15 is 0 Å². The topological polar surface area (TPSA) is 18.5 Å². The molecule has 0 radical (unpaired) electrons. The second-order valence-corrected chi connectivity index (χ2v) is 13.1. The van der Waals surface area contributed by atoms with Crippen LogP contribution in [0.25, 0.3) is 0 Å². The first kappa shape index (κ1) is 14.2. The minimum atomic E-state index is -1.59. The van der Waals surface area contributed by atoms with Crippen LogP contribution in [0.3, 0.4) is 0 Å². The van der Waals surface area contributed by atoms with E-state index in [2.05, 4.69) is 38.7 Å². The average molecular weight is 305 g/mol. The summed E-state index contributed by atoms with van der Waals surface area (Å²) in [4.78, 5) is 0. The largest absolute Gasteiger partial charge is 0.411 e. The van der Waals surface area contributed by atoms with E-state index in [1.165, 1.54) is 31.3 Å². The van der Waals surface area contributed by atoms with Crippen LogP contribution in [0.2, 0.25) is 19.6 Å². The minimum absolute atomic E-state index is 0.0116. The summed E-state index contributed by atoms with van der Waals surface area (Å²) in [5.41, 5.74) is 3.22. The highest BCUT2D eigenvalue weighted by Gasteiger charge is 2.65. The van der Waals surface area contributed by atoms with E-state index in [1.54, 1.807) is 5.57 Å². The van der Waals surface area contributed by atoms with Gasteiger partial charge in [-0.05, 0) is 57.8 Å². The van der Waals surface area contributed by atoms with E-state index in [9.17, 15) is 0 Å². The minimum Gasteiger partial charge on any atom is -0.411 e. The third kappa shape index (κ3) is 1.97. The van der Waals surface area contributed by atoms with Crippen molar-refractivity contribution in [1.82, 2.24) is 0 Å². The molecule has 2 aliphatic carbocycles. The highest BCUT2D eigenvalue weighted by atomic mass is 28.4. The van der Waals surface area contributed by atoms with Crippen LogP contribution < -0.4 is 0 Å². The van der Waals surface area contributed by atoms with Crippen molar-refractivity contribution in [3.8, 4) is 0 Å². The Labute approximate surface area is 129 Å². The van der Waals surface area contributed by atoms with Gasteiger partial charge < -0.3 is 9.16 Å². The van der Waals surface area contributed by atoms with Crippen molar-refractivity contribution < 1.29 is 9.16 Å². The summed E-state index contributed by atoms with van der Waals surface area (Å²) in [7, 11) is -1.59. The Kier molecular flexibility index (Phi) is 2.93. The number of hydrogen-bond donors (Lipinski definition) is 0. The third-order valence-corrected chi connectivity index (χ3v) is 6.77. The molecule has 3 heteroatoms. The summed E-state index contributed by atoms with van der Waals surface area (Å²) in [6, 6.07) is 0. The van der Waals surface area contributed by atoms with Crippen LogP contribution in [-0.2, 0) is 9.16 Å². The second-order valence-electron chi connectivity index (χ2n) is 8.62. The molecule has 0 unspecified atom stereocenters. The molecule has 2 aliphatic heterocycles. The lowest BCUT2D eigenvalue weighted by atomic mass is 9.65. The Morgan fingerprint density at radius 1 is 1.29 bits per heavy atom. The molecule has 0 aromatic carbocycles. The molecular formula is C18H28O2Si. The van der Waals surface area contributed by atoms with Crippen LogP contribution >= 0.6 is 0 Å². The van der Waals surface area contributed by atoms with E-state index in [-0.39, 0.29) is 11.0 Å². The van der Waals surface area contributed by atoms with E-state index < -0.39 is 8.32 Å².